The molecule has 1 aromatic carbocycles. The summed E-state index contributed by atoms with van der Waals surface area (Å²) >= 11 is 11.9. The van der Waals surface area contributed by atoms with Gasteiger partial charge in [-0.2, -0.15) is 0 Å². The van der Waals surface area contributed by atoms with Crippen LogP contribution in [-0.2, 0) is 4.79 Å². The Hall–Kier alpha value is -0.970. The van der Waals surface area contributed by atoms with E-state index in [9.17, 15) is 4.79 Å². The predicted octanol–water partition coefficient (Wildman–Crippen LogP) is 3.31. The van der Waals surface area contributed by atoms with Crippen LogP contribution in [0, 0.1) is 0 Å². The molecule has 0 radical (unpaired) electrons. The van der Waals surface area contributed by atoms with Crippen LogP contribution < -0.4 is 4.74 Å². The Balaban J connectivity index is 1.84. The van der Waals surface area contributed by atoms with Gasteiger partial charge in [-0.3, -0.25) is 4.79 Å². The molecule has 122 valence electrons. The van der Waals surface area contributed by atoms with Gasteiger partial charge in [0.1, 0.15) is 5.75 Å². The smallest absolute Gasteiger partial charge is 0.263 e. The number of nitrogens with zero attached hydrogens (tertiary/aromatic N) is 2. The van der Waals surface area contributed by atoms with Crippen molar-refractivity contribution in [2.45, 2.75) is 25.9 Å². The van der Waals surface area contributed by atoms with Crippen LogP contribution in [0.1, 0.15) is 19.8 Å². The van der Waals surface area contributed by atoms with E-state index in [2.05, 4.69) is 4.90 Å². The summed E-state index contributed by atoms with van der Waals surface area (Å²) in [7, 11) is 1.81. The van der Waals surface area contributed by atoms with Crippen LogP contribution in [0.2, 0.25) is 10.0 Å². The topological polar surface area (TPSA) is 32.8 Å². The highest BCUT2D eigenvalue weighted by molar-refractivity contribution is 6.35. The normalized spacial score (nSPS) is 16.5. The highest BCUT2D eigenvalue weighted by Crippen LogP contribution is 2.28. The molecule has 1 atom stereocenters. The van der Waals surface area contributed by atoms with Crippen LogP contribution in [0.25, 0.3) is 0 Å². The fourth-order valence-electron chi connectivity index (χ4n) is 2.53. The molecule has 0 aromatic heterocycles. The summed E-state index contributed by atoms with van der Waals surface area (Å²) in [6.07, 6.45) is 1.93. The van der Waals surface area contributed by atoms with Gasteiger partial charge in [-0.1, -0.05) is 23.2 Å². The Labute approximate surface area is 141 Å². The van der Waals surface area contributed by atoms with E-state index in [-0.39, 0.29) is 5.91 Å². The highest BCUT2D eigenvalue weighted by Gasteiger charge is 2.21. The van der Waals surface area contributed by atoms with Gasteiger partial charge in [0.2, 0.25) is 0 Å². The van der Waals surface area contributed by atoms with Crippen molar-refractivity contribution in [1.82, 2.24) is 9.80 Å². The number of halogens is 2. The standard InChI is InChI=1S/C16H22Cl2N2O2/c1-12(22-15-6-5-13(17)11-14(15)18)16(21)19(2)9-10-20-7-3-4-8-20/h5-6,11-12H,3-4,7-10H2,1-2H3. The number of ether oxygens (including phenoxy) is 1. The Morgan fingerprint density at radius 3 is 2.68 bits per heavy atom. The minimum Gasteiger partial charge on any atom is -0.479 e. The third-order valence-corrected chi connectivity index (χ3v) is 4.40. The molecule has 1 aliphatic heterocycles. The monoisotopic (exact) mass is 344 g/mol. The molecule has 1 saturated heterocycles. The van der Waals surface area contributed by atoms with Gasteiger partial charge in [0.05, 0.1) is 5.02 Å². The lowest BCUT2D eigenvalue weighted by Gasteiger charge is -2.24. The lowest BCUT2D eigenvalue weighted by molar-refractivity contribution is -0.136. The molecule has 4 nitrogen and oxygen atoms in total. The Morgan fingerprint density at radius 1 is 1.36 bits per heavy atom. The summed E-state index contributed by atoms with van der Waals surface area (Å²) < 4.78 is 5.66. The molecule has 1 unspecified atom stereocenters. The Bertz CT molecular complexity index is 519. The summed E-state index contributed by atoms with van der Waals surface area (Å²) in [5.74, 6) is 0.421. The minimum atomic E-state index is -0.581. The molecule has 0 spiro atoms. The van der Waals surface area contributed by atoms with E-state index in [0.29, 0.717) is 22.3 Å². The first-order valence-electron chi connectivity index (χ1n) is 7.56. The van der Waals surface area contributed by atoms with Crippen molar-refractivity contribution >= 4 is 29.1 Å². The first-order chi connectivity index (χ1) is 10.5. The number of likely N-dealkylation sites (tertiary alicyclic amines) is 1. The number of rotatable bonds is 6. The van der Waals surface area contributed by atoms with Gasteiger partial charge in [0, 0.05) is 25.2 Å². The molecule has 1 fully saturated rings. The molecule has 1 aromatic rings. The zero-order valence-corrected chi connectivity index (χ0v) is 14.5. The van der Waals surface area contributed by atoms with Crippen molar-refractivity contribution in [3.8, 4) is 5.75 Å². The molecular weight excluding hydrogens is 323 g/mol. The maximum absolute atomic E-state index is 12.3. The first kappa shape index (κ1) is 17.4. The van der Waals surface area contributed by atoms with Gasteiger partial charge >= 0.3 is 0 Å². The van der Waals surface area contributed by atoms with E-state index in [4.69, 9.17) is 27.9 Å². The summed E-state index contributed by atoms with van der Waals surface area (Å²) in [5, 5.41) is 0.950. The van der Waals surface area contributed by atoms with Crippen molar-refractivity contribution in [3.63, 3.8) is 0 Å². The van der Waals surface area contributed by atoms with E-state index in [1.165, 1.54) is 12.8 Å². The maximum Gasteiger partial charge on any atom is 0.263 e. The molecule has 0 bridgehead atoms. The number of hydrogen-bond donors (Lipinski definition) is 0. The molecular formula is C16H22Cl2N2O2. The van der Waals surface area contributed by atoms with Crippen LogP contribution in [-0.4, -0.2) is 55.0 Å². The van der Waals surface area contributed by atoms with Gasteiger partial charge in [-0.25, -0.2) is 0 Å². The second kappa shape index (κ2) is 8.04. The Kier molecular flexibility index (Phi) is 6.36. The largest absolute Gasteiger partial charge is 0.479 e. The number of amides is 1. The fourth-order valence-corrected chi connectivity index (χ4v) is 2.98. The van der Waals surface area contributed by atoms with Gasteiger partial charge in [0.25, 0.3) is 5.91 Å². The molecule has 2 rings (SSSR count). The first-order valence-corrected chi connectivity index (χ1v) is 8.32. The van der Waals surface area contributed by atoms with Gasteiger partial charge in [-0.15, -0.1) is 0 Å². The molecule has 22 heavy (non-hydrogen) atoms. The molecule has 0 N–H and O–H groups in total. The molecule has 1 aliphatic rings. The molecule has 6 heteroatoms. The average molecular weight is 345 g/mol. The van der Waals surface area contributed by atoms with Crippen molar-refractivity contribution in [1.29, 1.82) is 0 Å². The third-order valence-electron chi connectivity index (χ3n) is 3.87. The lowest BCUT2D eigenvalue weighted by Crippen LogP contribution is -2.41. The van der Waals surface area contributed by atoms with Crippen LogP contribution in [0.4, 0.5) is 0 Å². The third kappa shape index (κ3) is 4.77. The van der Waals surface area contributed by atoms with Gasteiger partial charge < -0.3 is 14.5 Å². The van der Waals surface area contributed by atoms with Gasteiger partial charge in [-0.05, 0) is 51.1 Å². The molecule has 0 aliphatic carbocycles. The van der Waals surface area contributed by atoms with E-state index in [1.54, 1.807) is 30.0 Å². The maximum atomic E-state index is 12.3. The second-order valence-corrected chi connectivity index (χ2v) is 6.49. The van der Waals surface area contributed by atoms with Crippen molar-refractivity contribution < 1.29 is 9.53 Å². The number of hydrogen-bond acceptors (Lipinski definition) is 3. The van der Waals surface area contributed by atoms with Gasteiger partial charge in [0.15, 0.2) is 6.10 Å². The summed E-state index contributed by atoms with van der Waals surface area (Å²) in [6.45, 7) is 5.63. The van der Waals surface area contributed by atoms with Crippen LogP contribution >= 0.6 is 23.2 Å². The SMILES string of the molecule is CC(Oc1ccc(Cl)cc1Cl)C(=O)N(C)CCN1CCCC1. The van der Waals surface area contributed by atoms with E-state index in [1.807, 2.05) is 7.05 Å². The van der Waals surface area contributed by atoms with Crippen LogP contribution in [0.15, 0.2) is 18.2 Å². The lowest BCUT2D eigenvalue weighted by atomic mass is 10.3. The molecule has 1 heterocycles. The van der Waals surface area contributed by atoms with E-state index >= 15 is 0 Å². The van der Waals surface area contributed by atoms with Crippen molar-refractivity contribution in [2.75, 3.05) is 33.2 Å². The highest BCUT2D eigenvalue weighted by atomic mass is 35.5. The Morgan fingerprint density at radius 2 is 2.05 bits per heavy atom. The quantitative estimate of drug-likeness (QED) is 0.793. The van der Waals surface area contributed by atoms with E-state index in [0.717, 1.165) is 19.6 Å². The summed E-state index contributed by atoms with van der Waals surface area (Å²) in [6, 6.07) is 4.97. The average Bonchev–Trinajstić information content (AvgIpc) is 3.00. The molecule has 0 saturated carbocycles. The number of likely N-dealkylation sites (N-methyl/N-ethyl adjacent to an activating group) is 1. The second-order valence-electron chi connectivity index (χ2n) is 5.64. The van der Waals surface area contributed by atoms with Crippen LogP contribution in [0.3, 0.4) is 0 Å². The fraction of sp³-hybridized carbons (Fsp3) is 0.562. The van der Waals surface area contributed by atoms with Crippen molar-refractivity contribution in [3.05, 3.63) is 28.2 Å². The predicted molar refractivity (Wildman–Crippen MR) is 89.9 cm³/mol. The zero-order chi connectivity index (χ0) is 16.1. The van der Waals surface area contributed by atoms with Crippen LogP contribution in [0.5, 0.6) is 5.75 Å². The zero-order valence-electron chi connectivity index (χ0n) is 13.0. The number of benzene rings is 1. The minimum absolute atomic E-state index is 0.0507. The number of carbonyl (C=O) groups excluding carboxylic acids is 1. The summed E-state index contributed by atoms with van der Waals surface area (Å²) in [5.41, 5.74) is 0. The number of carbonyl (C=O) groups is 1. The van der Waals surface area contributed by atoms with Crippen molar-refractivity contribution in [2.24, 2.45) is 0 Å². The molecule has 1 amide bonds. The summed E-state index contributed by atoms with van der Waals surface area (Å²) in [4.78, 5) is 16.4. The van der Waals surface area contributed by atoms with E-state index < -0.39 is 6.10 Å².